The van der Waals surface area contributed by atoms with Gasteiger partial charge in [0.05, 0.1) is 0 Å². The highest BCUT2D eigenvalue weighted by Gasteiger charge is 2.32. The number of nitrogens with two attached hydrogens (primary N) is 1. The van der Waals surface area contributed by atoms with Gasteiger partial charge in [0.1, 0.15) is 0 Å². The van der Waals surface area contributed by atoms with Crippen LogP contribution in [0.4, 0.5) is 0 Å². The number of rotatable bonds is 3. The van der Waals surface area contributed by atoms with Crippen LogP contribution in [0.5, 0.6) is 0 Å². The second-order valence-electron chi connectivity index (χ2n) is 7.57. The summed E-state index contributed by atoms with van der Waals surface area (Å²) in [6.07, 6.45) is 15.1. The largest absolute Gasteiger partial charge is 0.325 e. The third-order valence-corrected chi connectivity index (χ3v) is 5.35. The molecule has 1 heteroatoms. The zero-order chi connectivity index (χ0) is 12.4. The Hall–Kier alpha value is -0.0400. The molecule has 0 heterocycles. The topological polar surface area (TPSA) is 26.0 Å². The second kappa shape index (κ2) is 5.30. The van der Waals surface area contributed by atoms with E-state index < -0.39 is 0 Å². The van der Waals surface area contributed by atoms with E-state index in [2.05, 4.69) is 13.8 Å². The molecule has 2 rings (SSSR count). The van der Waals surface area contributed by atoms with E-state index in [9.17, 15) is 0 Å². The highest BCUT2D eigenvalue weighted by atomic mass is 14.7. The van der Waals surface area contributed by atoms with Crippen molar-refractivity contribution in [2.24, 2.45) is 17.1 Å². The first kappa shape index (κ1) is 13.4. The van der Waals surface area contributed by atoms with E-state index in [-0.39, 0.29) is 5.54 Å². The Morgan fingerprint density at radius 3 is 2.35 bits per heavy atom. The maximum atomic E-state index is 6.66. The van der Waals surface area contributed by atoms with Gasteiger partial charge in [-0.2, -0.15) is 0 Å². The average molecular weight is 237 g/mol. The van der Waals surface area contributed by atoms with Gasteiger partial charge in [0, 0.05) is 5.54 Å². The molecule has 17 heavy (non-hydrogen) atoms. The Bertz CT molecular complexity index is 240. The normalized spacial score (nSPS) is 34.8. The summed E-state index contributed by atoms with van der Waals surface area (Å²) in [5.41, 5.74) is 7.37. The molecule has 2 N–H and O–H groups in total. The smallest absolute Gasteiger partial charge is 0.0154 e. The molecule has 100 valence electrons. The molecule has 1 unspecified atom stereocenters. The molecule has 0 bridgehead atoms. The van der Waals surface area contributed by atoms with Gasteiger partial charge in [-0.15, -0.1) is 0 Å². The van der Waals surface area contributed by atoms with Gasteiger partial charge in [-0.1, -0.05) is 46.0 Å². The number of hydrogen-bond acceptors (Lipinski definition) is 1. The molecule has 0 aliphatic heterocycles. The van der Waals surface area contributed by atoms with Gasteiger partial charge >= 0.3 is 0 Å². The molecule has 2 aliphatic rings. The van der Waals surface area contributed by atoms with Gasteiger partial charge < -0.3 is 5.73 Å². The third kappa shape index (κ3) is 3.98. The zero-order valence-corrected chi connectivity index (χ0v) is 11.9. The summed E-state index contributed by atoms with van der Waals surface area (Å²) < 4.78 is 0. The zero-order valence-electron chi connectivity index (χ0n) is 11.9. The molecule has 1 atom stereocenters. The molecule has 2 aliphatic carbocycles. The summed E-state index contributed by atoms with van der Waals surface area (Å²) >= 11 is 0. The maximum absolute atomic E-state index is 6.66. The van der Waals surface area contributed by atoms with Gasteiger partial charge in [-0.3, -0.25) is 0 Å². The monoisotopic (exact) mass is 237 g/mol. The van der Waals surface area contributed by atoms with Gasteiger partial charge in [-0.25, -0.2) is 0 Å². The first-order valence-corrected chi connectivity index (χ1v) is 7.78. The minimum absolute atomic E-state index is 0.177. The van der Waals surface area contributed by atoms with E-state index in [0.717, 1.165) is 5.92 Å². The van der Waals surface area contributed by atoms with E-state index >= 15 is 0 Å². The van der Waals surface area contributed by atoms with Crippen molar-refractivity contribution in [2.45, 2.75) is 90.0 Å². The molecular formula is C16H31N. The van der Waals surface area contributed by atoms with E-state index in [1.54, 1.807) is 0 Å². The van der Waals surface area contributed by atoms with E-state index in [1.165, 1.54) is 70.6 Å². The molecule has 0 saturated heterocycles. The summed E-state index contributed by atoms with van der Waals surface area (Å²) in [7, 11) is 0. The molecular weight excluding hydrogens is 206 g/mol. The lowest BCUT2D eigenvalue weighted by atomic mass is 9.81. The fraction of sp³-hybridized carbons (Fsp3) is 1.00. The van der Waals surface area contributed by atoms with E-state index in [0.29, 0.717) is 5.41 Å². The standard InChI is InChI=1S/C16H31N/c1-15(2)9-5-10-16(17,13-12-15)11-8-14-6-3-4-7-14/h14H,3-13,17H2,1-2H3. The van der Waals surface area contributed by atoms with Crippen LogP contribution in [0.3, 0.4) is 0 Å². The summed E-state index contributed by atoms with van der Waals surface area (Å²) in [5, 5.41) is 0. The van der Waals surface area contributed by atoms with Gasteiger partial charge in [-0.05, 0) is 49.9 Å². The summed E-state index contributed by atoms with van der Waals surface area (Å²) in [6.45, 7) is 4.82. The van der Waals surface area contributed by atoms with Crippen molar-refractivity contribution in [3.63, 3.8) is 0 Å². The highest BCUT2D eigenvalue weighted by Crippen LogP contribution is 2.40. The van der Waals surface area contributed by atoms with Crippen LogP contribution in [0.2, 0.25) is 0 Å². The van der Waals surface area contributed by atoms with Crippen LogP contribution < -0.4 is 5.73 Å². The molecule has 2 fully saturated rings. The minimum atomic E-state index is 0.177. The van der Waals surface area contributed by atoms with Gasteiger partial charge in [0.15, 0.2) is 0 Å². The summed E-state index contributed by atoms with van der Waals surface area (Å²) in [6, 6.07) is 0. The van der Waals surface area contributed by atoms with Crippen molar-refractivity contribution in [1.29, 1.82) is 0 Å². The summed E-state index contributed by atoms with van der Waals surface area (Å²) in [5.74, 6) is 1.01. The third-order valence-electron chi connectivity index (χ3n) is 5.35. The van der Waals surface area contributed by atoms with Crippen molar-refractivity contribution in [2.75, 3.05) is 0 Å². The van der Waals surface area contributed by atoms with Crippen LogP contribution >= 0.6 is 0 Å². The van der Waals surface area contributed by atoms with Gasteiger partial charge in [0.25, 0.3) is 0 Å². The molecule has 0 aromatic carbocycles. The van der Waals surface area contributed by atoms with Crippen molar-refractivity contribution >= 4 is 0 Å². The van der Waals surface area contributed by atoms with Crippen molar-refractivity contribution in [1.82, 2.24) is 0 Å². The van der Waals surface area contributed by atoms with E-state index in [1.807, 2.05) is 0 Å². The highest BCUT2D eigenvalue weighted by molar-refractivity contribution is 4.90. The fourth-order valence-corrected chi connectivity index (χ4v) is 3.80. The number of hydrogen-bond donors (Lipinski definition) is 1. The molecule has 1 nitrogen and oxygen atoms in total. The first-order valence-electron chi connectivity index (χ1n) is 7.78. The van der Waals surface area contributed by atoms with Crippen LogP contribution in [0, 0.1) is 11.3 Å². The van der Waals surface area contributed by atoms with Crippen molar-refractivity contribution in [3.05, 3.63) is 0 Å². The second-order valence-corrected chi connectivity index (χ2v) is 7.57. The molecule has 0 aromatic heterocycles. The van der Waals surface area contributed by atoms with Crippen LogP contribution in [0.25, 0.3) is 0 Å². The lowest BCUT2D eigenvalue weighted by Gasteiger charge is -2.30. The van der Waals surface area contributed by atoms with Crippen LogP contribution in [0.15, 0.2) is 0 Å². The van der Waals surface area contributed by atoms with Crippen LogP contribution in [0.1, 0.15) is 84.5 Å². The lowest BCUT2D eigenvalue weighted by molar-refractivity contribution is 0.278. The SMILES string of the molecule is CC1(C)CCCC(N)(CCC2CCCC2)CC1. The van der Waals surface area contributed by atoms with Gasteiger partial charge in [0.2, 0.25) is 0 Å². The Labute approximate surface area is 108 Å². The molecule has 0 spiro atoms. The molecule has 2 saturated carbocycles. The average Bonchev–Trinajstić information content (AvgIpc) is 2.72. The van der Waals surface area contributed by atoms with E-state index in [4.69, 9.17) is 5.73 Å². The van der Waals surface area contributed by atoms with Crippen molar-refractivity contribution < 1.29 is 0 Å². The molecule has 0 radical (unpaired) electrons. The molecule has 0 aromatic rings. The predicted octanol–water partition coefficient (Wildman–Crippen LogP) is 4.64. The van der Waals surface area contributed by atoms with Crippen LogP contribution in [-0.4, -0.2) is 5.54 Å². The predicted molar refractivity (Wildman–Crippen MR) is 75.0 cm³/mol. The Morgan fingerprint density at radius 1 is 0.941 bits per heavy atom. The Morgan fingerprint density at radius 2 is 1.65 bits per heavy atom. The first-order chi connectivity index (χ1) is 7.99. The fourth-order valence-electron chi connectivity index (χ4n) is 3.80. The quantitative estimate of drug-likeness (QED) is 0.711. The Balaban J connectivity index is 1.81. The Kier molecular flexibility index (Phi) is 4.18. The van der Waals surface area contributed by atoms with Crippen molar-refractivity contribution in [3.8, 4) is 0 Å². The minimum Gasteiger partial charge on any atom is -0.325 e. The maximum Gasteiger partial charge on any atom is 0.0154 e. The lowest BCUT2D eigenvalue weighted by Crippen LogP contribution is -2.39. The summed E-state index contributed by atoms with van der Waals surface area (Å²) in [4.78, 5) is 0. The molecule has 0 amide bonds. The van der Waals surface area contributed by atoms with Crippen LogP contribution in [-0.2, 0) is 0 Å².